The Morgan fingerprint density at radius 3 is 2.53 bits per heavy atom. The summed E-state index contributed by atoms with van der Waals surface area (Å²) in [5, 5.41) is 21.2. The quantitative estimate of drug-likeness (QED) is 0.446. The summed E-state index contributed by atoms with van der Waals surface area (Å²) in [5.74, 6) is -0.871. The summed E-state index contributed by atoms with van der Waals surface area (Å²) in [4.78, 5) is 22.8. The van der Waals surface area contributed by atoms with E-state index in [-0.39, 0.29) is 28.3 Å². The number of carbonyl (C=O) groups is 2. The van der Waals surface area contributed by atoms with Crippen molar-refractivity contribution in [2.75, 3.05) is 5.32 Å². The summed E-state index contributed by atoms with van der Waals surface area (Å²) in [5.41, 5.74) is 0.631. The van der Waals surface area contributed by atoms with Gasteiger partial charge in [-0.2, -0.15) is 0 Å². The van der Waals surface area contributed by atoms with Crippen LogP contribution in [-0.2, 0) is 0 Å². The molecule has 0 aromatic heterocycles. The van der Waals surface area contributed by atoms with Gasteiger partial charge in [-0.1, -0.05) is 18.2 Å². The van der Waals surface area contributed by atoms with E-state index < -0.39 is 5.91 Å². The minimum absolute atomic E-state index is 0.108. The molecule has 2 rings (SSSR count). The molecule has 0 heterocycles. The second kappa shape index (κ2) is 5.22. The predicted molar refractivity (Wildman–Crippen MR) is 69.6 cm³/mol. The number of aromatic hydroxyl groups is 2. The number of nitrogens with one attached hydrogen (secondary N) is 1. The molecule has 5 nitrogen and oxygen atoms in total. The van der Waals surface area contributed by atoms with Gasteiger partial charge in [0.1, 0.15) is 11.5 Å². The molecule has 0 aliphatic rings. The van der Waals surface area contributed by atoms with Crippen molar-refractivity contribution in [2.45, 2.75) is 0 Å². The number of benzene rings is 2. The van der Waals surface area contributed by atoms with Crippen LogP contribution in [-0.4, -0.2) is 22.4 Å². The molecule has 0 aliphatic carbocycles. The van der Waals surface area contributed by atoms with Gasteiger partial charge in [0.15, 0.2) is 6.29 Å². The molecule has 0 saturated carbocycles. The topological polar surface area (TPSA) is 86.6 Å². The molecule has 0 saturated heterocycles. The molecule has 0 unspecified atom stereocenters. The summed E-state index contributed by atoms with van der Waals surface area (Å²) < 4.78 is 0. The van der Waals surface area contributed by atoms with E-state index in [0.717, 1.165) is 6.07 Å². The van der Waals surface area contributed by atoms with E-state index in [0.29, 0.717) is 6.29 Å². The predicted octanol–water partition coefficient (Wildman–Crippen LogP) is 2.16. The monoisotopic (exact) mass is 257 g/mol. The molecule has 0 fully saturated rings. The van der Waals surface area contributed by atoms with E-state index in [1.54, 1.807) is 12.1 Å². The molecule has 3 N–H and O–H groups in total. The zero-order chi connectivity index (χ0) is 13.8. The van der Waals surface area contributed by atoms with Crippen molar-refractivity contribution < 1.29 is 19.8 Å². The maximum absolute atomic E-state index is 12.0. The number of hydrogen-bond donors (Lipinski definition) is 3. The van der Waals surface area contributed by atoms with Gasteiger partial charge in [-0.15, -0.1) is 0 Å². The molecule has 0 spiro atoms. The van der Waals surface area contributed by atoms with Crippen molar-refractivity contribution in [1.29, 1.82) is 0 Å². The number of rotatable bonds is 3. The van der Waals surface area contributed by atoms with E-state index >= 15 is 0 Å². The SMILES string of the molecule is O=Cc1ccccc1C(=O)Nc1ccc(O)cc1O. The van der Waals surface area contributed by atoms with Crippen LogP contribution in [0.5, 0.6) is 11.5 Å². The lowest BCUT2D eigenvalue weighted by atomic mass is 10.1. The van der Waals surface area contributed by atoms with Crippen molar-refractivity contribution >= 4 is 17.9 Å². The number of anilines is 1. The number of hydrogen-bond acceptors (Lipinski definition) is 4. The molecule has 0 aliphatic heterocycles. The van der Waals surface area contributed by atoms with Gasteiger partial charge in [0.05, 0.1) is 11.3 Å². The first kappa shape index (κ1) is 12.6. The van der Waals surface area contributed by atoms with Crippen LogP contribution in [0.2, 0.25) is 0 Å². The van der Waals surface area contributed by atoms with Crippen LogP contribution in [0.4, 0.5) is 5.69 Å². The van der Waals surface area contributed by atoms with Gasteiger partial charge in [-0.3, -0.25) is 9.59 Å². The third-order valence-electron chi connectivity index (χ3n) is 2.56. The summed E-state index contributed by atoms with van der Waals surface area (Å²) in [6.07, 6.45) is 0.589. The maximum Gasteiger partial charge on any atom is 0.256 e. The fraction of sp³-hybridized carbons (Fsp3) is 0. The Balaban J connectivity index is 2.28. The summed E-state index contributed by atoms with van der Waals surface area (Å²) in [6, 6.07) is 10.1. The molecular formula is C14H11NO4. The highest BCUT2D eigenvalue weighted by molar-refractivity contribution is 6.09. The average molecular weight is 257 g/mol. The van der Waals surface area contributed by atoms with Crippen molar-refractivity contribution in [3.63, 3.8) is 0 Å². The standard InChI is InChI=1S/C14H11NO4/c16-8-9-3-1-2-4-11(9)14(19)15-12-6-5-10(17)7-13(12)18/h1-8,17-18H,(H,15,19). The Kier molecular flexibility index (Phi) is 3.47. The van der Waals surface area contributed by atoms with Crippen LogP contribution >= 0.6 is 0 Å². The number of amides is 1. The largest absolute Gasteiger partial charge is 0.508 e. The van der Waals surface area contributed by atoms with E-state index in [4.69, 9.17) is 5.11 Å². The zero-order valence-corrected chi connectivity index (χ0v) is 9.83. The first-order valence-corrected chi connectivity index (χ1v) is 5.49. The van der Waals surface area contributed by atoms with E-state index in [2.05, 4.69) is 5.32 Å². The lowest BCUT2D eigenvalue weighted by molar-refractivity contribution is 0.101. The Labute approximate surface area is 109 Å². The Morgan fingerprint density at radius 1 is 1.11 bits per heavy atom. The summed E-state index contributed by atoms with van der Waals surface area (Å²) in [7, 11) is 0. The fourth-order valence-corrected chi connectivity index (χ4v) is 1.62. The smallest absolute Gasteiger partial charge is 0.256 e. The normalized spacial score (nSPS) is 9.89. The van der Waals surface area contributed by atoms with Gasteiger partial charge in [0.25, 0.3) is 5.91 Å². The van der Waals surface area contributed by atoms with Crippen LogP contribution in [0.1, 0.15) is 20.7 Å². The highest BCUT2D eigenvalue weighted by atomic mass is 16.3. The Bertz CT molecular complexity index is 637. The number of phenolic OH excluding ortho intramolecular Hbond substituents is 2. The first-order valence-electron chi connectivity index (χ1n) is 5.49. The van der Waals surface area contributed by atoms with Crippen LogP contribution in [0.25, 0.3) is 0 Å². The van der Waals surface area contributed by atoms with E-state index in [9.17, 15) is 14.7 Å². The number of phenols is 2. The van der Waals surface area contributed by atoms with Gasteiger partial charge in [0.2, 0.25) is 0 Å². The lowest BCUT2D eigenvalue weighted by Gasteiger charge is -2.08. The average Bonchev–Trinajstić information content (AvgIpc) is 2.41. The molecular weight excluding hydrogens is 246 g/mol. The van der Waals surface area contributed by atoms with Crippen LogP contribution in [0, 0.1) is 0 Å². The molecule has 1 amide bonds. The van der Waals surface area contributed by atoms with Crippen molar-refractivity contribution in [2.24, 2.45) is 0 Å². The lowest BCUT2D eigenvalue weighted by Crippen LogP contribution is -2.14. The third-order valence-corrected chi connectivity index (χ3v) is 2.56. The minimum Gasteiger partial charge on any atom is -0.508 e. The zero-order valence-electron chi connectivity index (χ0n) is 9.83. The summed E-state index contributed by atoms with van der Waals surface area (Å²) in [6.45, 7) is 0. The molecule has 19 heavy (non-hydrogen) atoms. The van der Waals surface area contributed by atoms with Crippen molar-refractivity contribution in [3.05, 3.63) is 53.6 Å². The highest BCUT2D eigenvalue weighted by Crippen LogP contribution is 2.27. The van der Waals surface area contributed by atoms with E-state index in [1.807, 2.05) is 0 Å². The number of aldehydes is 1. The fourth-order valence-electron chi connectivity index (χ4n) is 1.62. The van der Waals surface area contributed by atoms with Crippen molar-refractivity contribution in [1.82, 2.24) is 0 Å². The summed E-state index contributed by atoms with van der Waals surface area (Å²) >= 11 is 0. The first-order chi connectivity index (χ1) is 9.11. The molecule has 2 aromatic carbocycles. The van der Waals surface area contributed by atoms with E-state index in [1.165, 1.54) is 24.3 Å². The van der Waals surface area contributed by atoms with Gasteiger partial charge in [-0.25, -0.2) is 0 Å². The van der Waals surface area contributed by atoms with Gasteiger partial charge < -0.3 is 15.5 Å². The third kappa shape index (κ3) is 2.71. The van der Waals surface area contributed by atoms with Crippen LogP contribution in [0.15, 0.2) is 42.5 Å². The second-order valence-corrected chi connectivity index (χ2v) is 3.86. The molecule has 96 valence electrons. The minimum atomic E-state index is -0.510. The number of carbonyl (C=O) groups excluding carboxylic acids is 2. The molecule has 2 aromatic rings. The highest BCUT2D eigenvalue weighted by Gasteiger charge is 2.12. The maximum atomic E-state index is 12.0. The molecule has 0 atom stereocenters. The molecule has 5 heteroatoms. The molecule has 0 bridgehead atoms. The van der Waals surface area contributed by atoms with Crippen LogP contribution < -0.4 is 5.32 Å². The van der Waals surface area contributed by atoms with Crippen LogP contribution in [0.3, 0.4) is 0 Å². The Hall–Kier alpha value is -2.82. The van der Waals surface area contributed by atoms with Gasteiger partial charge in [0, 0.05) is 11.6 Å². The molecule has 0 radical (unpaired) electrons. The Morgan fingerprint density at radius 2 is 1.84 bits per heavy atom. The second-order valence-electron chi connectivity index (χ2n) is 3.86. The van der Waals surface area contributed by atoms with Gasteiger partial charge >= 0.3 is 0 Å². The van der Waals surface area contributed by atoms with Crippen molar-refractivity contribution in [3.8, 4) is 11.5 Å². The van der Waals surface area contributed by atoms with Gasteiger partial charge in [-0.05, 0) is 18.2 Å².